The summed E-state index contributed by atoms with van der Waals surface area (Å²) in [6.07, 6.45) is 1.80. The van der Waals surface area contributed by atoms with Gasteiger partial charge in [0.15, 0.2) is 5.82 Å². The molecule has 0 spiro atoms. The molecule has 5 heteroatoms. The number of nitrogens with zero attached hydrogens (tertiary/aromatic N) is 2. The highest BCUT2D eigenvalue weighted by Crippen LogP contribution is 2.15. The van der Waals surface area contributed by atoms with E-state index in [2.05, 4.69) is 15.1 Å². The van der Waals surface area contributed by atoms with Crippen molar-refractivity contribution in [2.45, 2.75) is 13.0 Å². The molecular weight excluding hydrogens is 168 g/mol. The number of hydrogen-bond donors (Lipinski definition) is 2. The van der Waals surface area contributed by atoms with E-state index < -0.39 is 0 Å². The Morgan fingerprint density at radius 2 is 2.46 bits per heavy atom. The third kappa shape index (κ3) is 1.46. The second-order valence-electron chi connectivity index (χ2n) is 2.83. The van der Waals surface area contributed by atoms with E-state index in [0.29, 0.717) is 11.7 Å². The van der Waals surface area contributed by atoms with Crippen LogP contribution in [0.5, 0.6) is 0 Å². The summed E-state index contributed by atoms with van der Waals surface area (Å²) in [5.41, 5.74) is 6.39. The highest BCUT2D eigenvalue weighted by atomic mass is 16.5. The number of hydrogen-bond acceptors (Lipinski definition) is 4. The molecule has 2 heterocycles. The predicted octanol–water partition coefficient (Wildman–Crippen LogP) is 1.08. The molecule has 68 valence electrons. The fourth-order valence-electron chi connectivity index (χ4n) is 0.993. The van der Waals surface area contributed by atoms with Crippen molar-refractivity contribution in [1.29, 1.82) is 0 Å². The topological polar surface area (TPSA) is 80.7 Å². The van der Waals surface area contributed by atoms with E-state index in [0.717, 1.165) is 5.69 Å². The summed E-state index contributed by atoms with van der Waals surface area (Å²) in [6.45, 7) is 1.81. The number of nitrogens with one attached hydrogen (secondary N) is 1. The number of rotatable bonds is 2. The van der Waals surface area contributed by atoms with Gasteiger partial charge in [0.25, 0.3) is 5.89 Å². The number of aromatic nitrogens is 3. The third-order valence-electron chi connectivity index (χ3n) is 1.68. The first-order chi connectivity index (χ1) is 6.27. The molecule has 3 N–H and O–H groups in total. The average Bonchev–Trinajstić information content (AvgIpc) is 2.75. The van der Waals surface area contributed by atoms with Crippen molar-refractivity contribution in [3.63, 3.8) is 0 Å². The second kappa shape index (κ2) is 3.02. The van der Waals surface area contributed by atoms with Crippen LogP contribution >= 0.6 is 0 Å². The maximum Gasteiger partial charge on any atom is 0.274 e. The van der Waals surface area contributed by atoms with Crippen molar-refractivity contribution in [2.75, 3.05) is 0 Å². The monoisotopic (exact) mass is 178 g/mol. The van der Waals surface area contributed by atoms with Crippen molar-refractivity contribution < 1.29 is 4.52 Å². The Kier molecular flexibility index (Phi) is 1.86. The molecule has 0 saturated heterocycles. The zero-order chi connectivity index (χ0) is 9.26. The van der Waals surface area contributed by atoms with Gasteiger partial charge < -0.3 is 15.2 Å². The molecular formula is C8H10N4O. The van der Waals surface area contributed by atoms with Gasteiger partial charge in [-0.25, -0.2) is 0 Å². The molecule has 0 aliphatic rings. The van der Waals surface area contributed by atoms with E-state index in [1.54, 1.807) is 6.20 Å². The van der Waals surface area contributed by atoms with Crippen LogP contribution in [0, 0.1) is 0 Å². The summed E-state index contributed by atoms with van der Waals surface area (Å²) in [5.74, 6) is 0.988. The normalized spacial score (nSPS) is 13.1. The molecule has 2 aromatic rings. The predicted molar refractivity (Wildman–Crippen MR) is 46.7 cm³/mol. The van der Waals surface area contributed by atoms with Crippen LogP contribution in [0.4, 0.5) is 0 Å². The smallest absolute Gasteiger partial charge is 0.274 e. The van der Waals surface area contributed by atoms with Gasteiger partial charge in [0.1, 0.15) is 5.69 Å². The van der Waals surface area contributed by atoms with Gasteiger partial charge >= 0.3 is 0 Å². The largest absolute Gasteiger partial charge is 0.357 e. The fraction of sp³-hybridized carbons (Fsp3) is 0.250. The minimum Gasteiger partial charge on any atom is -0.357 e. The summed E-state index contributed by atoms with van der Waals surface area (Å²) < 4.78 is 5.00. The number of aromatic amines is 1. The summed E-state index contributed by atoms with van der Waals surface area (Å²) >= 11 is 0. The van der Waals surface area contributed by atoms with Crippen LogP contribution in [-0.2, 0) is 0 Å². The van der Waals surface area contributed by atoms with Crippen molar-refractivity contribution in [3.8, 4) is 11.6 Å². The van der Waals surface area contributed by atoms with Crippen molar-refractivity contribution in [2.24, 2.45) is 5.73 Å². The van der Waals surface area contributed by atoms with Gasteiger partial charge in [-0.15, -0.1) is 0 Å². The molecule has 0 fully saturated rings. The Balaban J connectivity index is 2.33. The van der Waals surface area contributed by atoms with Gasteiger partial charge in [-0.3, -0.25) is 0 Å². The Morgan fingerprint density at radius 3 is 3.00 bits per heavy atom. The SMILES string of the molecule is CC(N)c1noc(-c2ccc[nH]2)n1. The van der Waals surface area contributed by atoms with E-state index in [1.165, 1.54) is 0 Å². The summed E-state index contributed by atoms with van der Waals surface area (Å²) in [5, 5.41) is 3.74. The number of H-pyrrole nitrogens is 1. The van der Waals surface area contributed by atoms with Crippen LogP contribution < -0.4 is 5.73 Å². The maximum atomic E-state index is 5.59. The molecule has 1 atom stereocenters. The molecule has 0 aliphatic carbocycles. The summed E-state index contributed by atoms with van der Waals surface area (Å²) in [7, 11) is 0. The summed E-state index contributed by atoms with van der Waals surface area (Å²) in [6, 6.07) is 3.52. The van der Waals surface area contributed by atoms with E-state index in [-0.39, 0.29) is 6.04 Å². The van der Waals surface area contributed by atoms with Gasteiger partial charge in [-0.1, -0.05) is 5.16 Å². The first kappa shape index (κ1) is 8.00. The quantitative estimate of drug-likeness (QED) is 0.721. The Morgan fingerprint density at radius 1 is 1.62 bits per heavy atom. The van der Waals surface area contributed by atoms with E-state index in [4.69, 9.17) is 10.3 Å². The van der Waals surface area contributed by atoms with Crippen LogP contribution in [-0.4, -0.2) is 15.1 Å². The molecule has 5 nitrogen and oxygen atoms in total. The van der Waals surface area contributed by atoms with Crippen molar-refractivity contribution in [3.05, 3.63) is 24.2 Å². The first-order valence-corrected chi connectivity index (χ1v) is 4.00. The molecule has 0 radical (unpaired) electrons. The molecule has 2 rings (SSSR count). The van der Waals surface area contributed by atoms with E-state index >= 15 is 0 Å². The minimum absolute atomic E-state index is 0.201. The molecule has 0 bridgehead atoms. The highest BCUT2D eigenvalue weighted by Gasteiger charge is 2.11. The lowest BCUT2D eigenvalue weighted by Crippen LogP contribution is -2.06. The second-order valence-corrected chi connectivity index (χ2v) is 2.83. The fourth-order valence-corrected chi connectivity index (χ4v) is 0.993. The van der Waals surface area contributed by atoms with Crippen molar-refractivity contribution >= 4 is 0 Å². The van der Waals surface area contributed by atoms with Crippen LogP contribution in [0.15, 0.2) is 22.9 Å². The maximum absolute atomic E-state index is 5.59. The van der Waals surface area contributed by atoms with Gasteiger partial charge in [0.2, 0.25) is 0 Å². The Hall–Kier alpha value is -1.62. The molecule has 1 unspecified atom stereocenters. The lowest BCUT2D eigenvalue weighted by molar-refractivity contribution is 0.417. The van der Waals surface area contributed by atoms with Crippen LogP contribution in [0.25, 0.3) is 11.6 Å². The Bertz CT molecular complexity index is 377. The third-order valence-corrected chi connectivity index (χ3v) is 1.68. The molecule has 2 aromatic heterocycles. The molecule has 0 saturated carbocycles. The Labute approximate surface area is 75.0 Å². The van der Waals surface area contributed by atoms with Crippen LogP contribution in [0.2, 0.25) is 0 Å². The number of nitrogens with two attached hydrogens (primary N) is 1. The van der Waals surface area contributed by atoms with E-state index in [9.17, 15) is 0 Å². The van der Waals surface area contributed by atoms with E-state index in [1.807, 2.05) is 19.1 Å². The van der Waals surface area contributed by atoms with Gasteiger partial charge in [-0.05, 0) is 19.1 Å². The molecule has 0 amide bonds. The standard InChI is InChI=1S/C8H10N4O/c1-5(9)7-11-8(13-12-7)6-3-2-4-10-6/h2-5,10H,9H2,1H3. The molecule has 0 aliphatic heterocycles. The zero-order valence-electron chi connectivity index (χ0n) is 7.19. The van der Waals surface area contributed by atoms with Crippen molar-refractivity contribution in [1.82, 2.24) is 15.1 Å². The molecule has 0 aromatic carbocycles. The highest BCUT2D eigenvalue weighted by molar-refractivity contribution is 5.46. The lowest BCUT2D eigenvalue weighted by Gasteiger charge is -1.92. The van der Waals surface area contributed by atoms with Crippen LogP contribution in [0.3, 0.4) is 0 Å². The van der Waals surface area contributed by atoms with Gasteiger partial charge in [0.05, 0.1) is 6.04 Å². The van der Waals surface area contributed by atoms with Crippen LogP contribution in [0.1, 0.15) is 18.8 Å². The summed E-state index contributed by atoms with van der Waals surface area (Å²) in [4.78, 5) is 7.09. The lowest BCUT2D eigenvalue weighted by atomic mass is 10.3. The first-order valence-electron chi connectivity index (χ1n) is 4.00. The zero-order valence-corrected chi connectivity index (χ0v) is 7.19. The molecule has 13 heavy (non-hydrogen) atoms. The average molecular weight is 178 g/mol. The minimum atomic E-state index is -0.201. The van der Waals surface area contributed by atoms with Gasteiger partial charge in [0, 0.05) is 6.20 Å². The van der Waals surface area contributed by atoms with Gasteiger partial charge in [-0.2, -0.15) is 4.98 Å².